The highest BCUT2D eigenvalue weighted by Gasteiger charge is 2.31. The van der Waals surface area contributed by atoms with Crippen LogP contribution in [0, 0.1) is 11.8 Å². The normalized spacial score (nSPS) is 26.8. The van der Waals surface area contributed by atoms with Crippen LogP contribution < -0.4 is 5.32 Å². The van der Waals surface area contributed by atoms with Crippen LogP contribution >= 0.6 is 11.3 Å². The van der Waals surface area contributed by atoms with Crippen LogP contribution in [0.1, 0.15) is 50.4 Å². The van der Waals surface area contributed by atoms with Gasteiger partial charge in [0.05, 0.1) is 0 Å². The van der Waals surface area contributed by atoms with E-state index >= 15 is 0 Å². The predicted octanol–water partition coefficient (Wildman–Crippen LogP) is 3.83. The van der Waals surface area contributed by atoms with Crippen LogP contribution in [0.25, 0.3) is 0 Å². The van der Waals surface area contributed by atoms with Gasteiger partial charge in [0.15, 0.2) is 5.96 Å². The number of hydrogen-bond donors (Lipinski definition) is 1. The number of aliphatic imine (C=N–C) groups is 1. The molecule has 5 heteroatoms. The van der Waals surface area contributed by atoms with Crippen LogP contribution in [0.3, 0.4) is 0 Å². The van der Waals surface area contributed by atoms with Gasteiger partial charge in [-0.15, -0.1) is 11.3 Å². The molecule has 2 unspecified atom stereocenters. The number of piperidine rings is 2. The second-order valence-electron chi connectivity index (χ2n) is 7.71. The summed E-state index contributed by atoms with van der Waals surface area (Å²) in [5, 5.41) is 5.74. The smallest absolute Gasteiger partial charge is 0.193 e. The molecule has 0 saturated carbocycles. The molecule has 4 nitrogen and oxygen atoms in total. The summed E-state index contributed by atoms with van der Waals surface area (Å²) in [4.78, 5) is 11.6. The van der Waals surface area contributed by atoms with E-state index in [1.165, 1.54) is 37.1 Å². The Hall–Kier alpha value is -1.07. The van der Waals surface area contributed by atoms with Crippen LogP contribution in [0.2, 0.25) is 0 Å². The standard InChI is InChI=1S/C20H34N4S/c1-4-21-20(24-12-9-16(2)10-13-24)22-15-17-7-5-11-23(3)19(17)18-8-6-14-25-18/h6,8,14,16-17,19H,4-5,7,9-13,15H2,1-3H3,(H,21,22). The Morgan fingerprint density at radius 1 is 1.28 bits per heavy atom. The first-order valence-electron chi connectivity index (χ1n) is 9.96. The van der Waals surface area contributed by atoms with Crippen molar-refractivity contribution in [3.8, 4) is 0 Å². The molecule has 25 heavy (non-hydrogen) atoms. The van der Waals surface area contributed by atoms with Crippen LogP contribution in [0.4, 0.5) is 0 Å². The van der Waals surface area contributed by atoms with Crippen LogP contribution in [0.5, 0.6) is 0 Å². The molecule has 2 atom stereocenters. The molecular weight excluding hydrogens is 328 g/mol. The van der Waals surface area contributed by atoms with Crippen LogP contribution in [-0.2, 0) is 0 Å². The third-order valence-electron chi connectivity index (χ3n) is 5.74. The van der Waals surface area contributed by atoms with E-state index < -0.39 is 0 Å². The fraction of sp³-hybridized carbons (Fsp3) is 0.750. The van der Waals surface area contributed by atoms with Crippen molar-refractivity contribution in [1.29, 1.82) is 0 Å². The number of hydrogen-bond acceptors (Lipinski definition) is 3. The molecule has 0 bridgehead atoms. The number of nitrogens with one attached hydrogen (secondary N) is 1. The second-order valence-corrected chi connectivity index (χ2v) is 8.69. The molecule has 2 aliphatic rings. The molecule has 3 heterocycles. The van der Waals surface area contributed by atoms with Crippen molar-refractivity contribution >= 4 is 17.3 Å². The molecule has 0 aromatic carbocycles. The van der Waals surface area contributed by atoms with E-state index in [2.05, 4.69) is 53.5 Å². The first-order chi connectivity index (χ1) is 12.2. The maximum Gasteiger partial charge on any atom is 0.193 e. The first-order valence-corrected chi connectivity index (χ1v) is 10.8. The number of rotatable bonds is 4. The van der Waals surface area contributed by atoms with Crippen molar-refractivity contribution in [2.75, 3.05) is 39.8 Å². The Balaban J connectivity index is 1.69. The van der Waals surface area contributed by atoms with E-state index in [-0.39, 0.29) is 0 Å². The van der Waals surface area contributed by atoms with Gasteiger partial charge in [0.25, 0.3) is 0 Å². The minimum atomic E-state index is 0.529. The number of thiophene rings is 1. The summed E-state index contributed by atoms with van der Waals surface area (Å²) < 4.78 is 0. The van der Waals surface area contributed by atoms with E-state index in [4.69, 9.17) is 4.99 Å². The van der Waals surface area contributed by atoms with Crippen molar-refractivity contribution in [3.63, 3.8) is 0 Å². The minimum Gasteiger partial charge on any atom is -0.357 e. The Labute approximate surface area is 157 Å². The Morgan fingerprint density at radius 2 is 2.08 bits per heavy atom. The SMILES string of the molecule is CCNC(=NCC1CCCN(C)C1c1cccs1)N1CCC(C)CC1. The molecule has 3 rings (SSSR count). The fourth-order valence-electron chi connectivity index (χ4n) is 4.21. The Bertz CT molecular complexity index is 534. The lowest BCUT2D eigenvalue weighted by molar-refractivity contribution is 0.128. The lowest BCUT2D eigenvalue weighted by Crippen LogP contribution is -2.46. The molecule has 2 aliphatic heterocycles. The van der Waals surface area contributed by atoms with Crippen molar-refractivity contribution in [1.82, 2.24) is 15.1 Å². The van der Waals surface area contributed by atoms with Crippen molar-refractivity contribution in [3.05, 3.63) is 22.4 Å². The lowest BCUT2D eigenvalue weighted by atomic mass is 9.88. The zero-order valence-electron chi connectivity index (χ0n) is 16.1. The summed E-state index contributed by atoms with van der Waals surface area (Å²) in [6.07, 6.45) is 5.14. The number of guanidine groups is 1. The van der Waals surface area contributed by atoms with Gasteiger partial charge in [-0.1, -0.05) is 13.0 Å². The quantitative estimate of drug-likeness (QED) is 0.652. The van der Waals surface area contributed by atoms with Gasteiger partial charge in [0.1, 0.15) is 0 Å². The maximum absolute atomic E-state index is 5.09. The molecule has 0 radical (unpaired) electrons. The van der Waals surface area contributed by atoms with Crippen molar-refractivity contribution < 1.29 is 0 Å². The molecule has 1 aromatic rings. The summed E-state index contributed by atoms with van der Waals surface area (Å²) in [6, 6.07) is 5.01. The molecule has 0 aliphatic carbocycles. The van der Waals surface area contributed by atoms with Gasteiger partial charge in [-0.05, 0) is 69.5 Å². The lowest BCUT2D eigenvalue weighted by Gasteiger charge is -2.38. The highest BCUT2D eigenvalue weighted by Crippen LogP contribution is 2.37. The average molecular weight is 363 g/mol. The van der Waals surface area contributed by atoms with Gasteiger partial charge in [-0.3, -0.25) is 9.89 Å². The van der Waals surface area contributed by atoms with Gasteiger partial charge in [0, 0.05) is 37.1 Å². The molecule has 140 valence electrons. The second kappa shape index (κ2) is 9.04. The maximum atomic E-state index is 5.09. The van der Waals surface area contributed by atoms with Crippen LogP contribution in [-0.4, -0.2) is 55.5 Å². The topological polar surface area (TPSA) is 30.9 Å². The third-order valence-corrected chi connectivity index (χ3v) is 6.68. The molecule has 0 amide bonds. The van der Waals surface area contributed by atoms with E-state index in [9.17, 15) is 0 Å². The summed E-state index contributed by atoms with van der Waals surface area (Å²) in [5.74, 6) is 2.61. The van der Waals surface area contributed by atoms with Crippen LogP contribution in [0.15, 0.2) is 22.5 Å². The molecule has 1 N–H and O–H groups in total. The van der Waals surface area contributed by atoms with Gasteiger partial charge in [-0.25, -0.2) is 0 Å². The Morgan fingerprint density at radius 3 is 2.76 bits per heavy atom. The first kappa shape index (κ1) is 18.7. The molecule has 1 aromatic heterocycles. The van der Waals surface area contributed by atoms with E-state index in [1.54, 1.807) is 0 Å². The highest BCUT2D eigenvalue weighted by molar-refractivity contribution is 7.10. The van der Waals surface area contributed by atoms with Gasteiger partial charge < -0.3 is 10.2 Å². The zero-order chi connectivity index (χ0) is 17.6. The minimum absolute atomic E-state index is 0.529. The summed E-state index contributed by atoms with van der Waals surface area (Å²) in [6.45, 7) is 9.91. The molecule has 2 saturated heterocycles. The van der Waals surface area contributed by atoms with E-state index in [0.717, 1.165) is 38.1 Å². The molecule has 0 spiro atoms. The summed E-state index contributed by atoms with van der Waals surface area (Å²) >= 11 is 1.89. The van der Waals surface area contributed by atoms with Crippen molar-refractivity contribution in [2.24, 2.45) is 16.8 Å². The fourth-order valence-corrected chi connectivity index (χ4v) is 5.19. The summed E-state index contributed by atoms with van der Waals surface area (Å²) in [7, 11) is 2.28. The number of nitrogens with zero attached hydrogens (tertiary/aromatic N) is 3. The zero-order valence-corrected chi connectivity index (χ0v) is 16.9. The summed E-state index contributed by atoms with van der Waals surface area (Å²) in [5.41, 5.74) is 0. The van der Waals surface area contributed by atoms with Gasteiger partial charge in [0.2, 0.25) is 0 Å². The van der Waals surface area contributed by atoms with Crippen molar-refractivity contribution in [2.45, 2.75) is 45.6 Å². The highest BCUT2D eigenvalue weighted by atomic mass is 32.1. The molecular formula is C20H34N4S. The van der Waals surface area contributed by atoms with E-state index in [0.29, 0.717) is 12.0 Å². The average Bonchev–Trinajstić information content (AvgIpc) is 3.13. The van der Waals surface area contributed by atoms with Gasteiger partial charge in [-0.2, -0.15) is 0 Å². The van der Waals surface area contributed by atoms with Gasteiger partial charge >= 0.3 is 0 Å². The molecule has 2 fully saturated rings. The Kier molecular flexibility index (Phi) is 6.77. The number of likely N-dealkylation sites (tertiary alicyclic amines) is 2. The van der Waals surface area contributed by atoms with E-state index in [1.807, 2.05) is 11.3 Å². The third kappa shape index (κ3) is 4.76. The monoisotopic (exact) mass is 362 g/mol. The predicted molar refractivity (Wildman–Crippen MR) is 108 cm³/mol. The largest absolute Gasteiger partial charge is 0.357 e.